The van der Waals surface area contributed by atoms with Crippen molar-refractivity contribution in [1.82, 2.24) is 9.80 Å². The van der Waals surface area contributed by atoms with Gasteiger partial charge in [-0.15, -0.1) is 0 Å². The number of hydrogen-bond acceptors (Lipinski definition) is 3. The summed E-state index contributed by atoms with van der Waals surface area (Å²) in [4.78, 5) is 5.23. The molecule has 16 heavy (non-hydrogen) atoms. The van der Waals surface area contributed by atoms with Crippen molar-refractivity contribution in [3.05, 3.63) is 0 Å². The Morgan fingerprint density at radius 3 is 2.94 bits per heavy atom. The fourth-order valence-electron chi connectivity index (χ4n) is 2.91. The highest BCUT2D eigenvalue weighted by atomic mass is 32.2. The van der Waals surface area contributed by atoms with Gasteiger partial charge in [0.25, 0.3) is 0 Å². The summed E-state index contributed by atoms with van der Waals surface area (Å²) in [7, 11) is -0.615. The van der Waals surface area contributed by atoms with Crippen molar-refractivity contribution in [2.45, 2.75) is 31.7 Å². The summed E-state index contributed by atoms with van der Waals surface area (Å²) in [5, 5.41) is 0. The molecule has 0 aromatic heterocycles. The molecule has 0 bridgehead atoms. The van der Waals surface area contributed by atoms with E-state index in [1.165, 1.54) is 45.4 Å². The zero-order valence-electron chi connectivity index (χ0n) is 10.4. The first kappa shape index (κ1) is 12.5. The zero-order valence-corrected chi connectivity index (χ0v) is 11.2. The lowest BCUT2D eigenvalue weighted by molar-refractivity contribution is 0.0497. The van der Waals surface area contributed by atoms with Crippen molar-refractivity contribution in [3.8, 4) is 0 Å². The Labute approximate surface area is 102 Å². The van der Waals surface area contributed by atoms with Crippen molar-refractivity contribution in [1.29, 1.82) is 0 Å². The lowest BCUT2D eigenvalue weighted by Crippen LogP contribution is -2.54. The van der Waals surface area contributed by atoms with E-state index >= 15 is 0 Å². The zero-order chi connectivity index (χ0) is 11.4. The van der Waals surface area contributed by atoms with E-state index < -0.39 is 10.8 Å². The number of piperidine rings is 1. The van der Waals surface area contributed by atoms with Crippen LogP contribution in [0.15, 0.2) is 0 Å². The van der Waals surface area contributed by atoms with Crippen LogP contribution in [0.2, 0.25) is 0 Å². The topological polar surface area (TPSA) is 23.6 Å². The number of fused-ring (bicyclic) bond motifs is 1. The van der Waals surface area contributed by atoms with Gasteiger partial charge in [-0.1, -0.05) is 6.42 Å². The summed E-state index contributed by atoms with van der Waals surface area (Å²) in [5.74, 6) is 0.866. The standard InChI is InChI=1S/C12H24N2OS/c1-16(15)10-4-6-13-8-9-14-7-3-2-5-12(14)11-13/h12H,2-11H2,1H3. The van der Waals surface area contributed by atoms with Crippen LogP contribution in [0, 0.1) is 0 Å². The van der Waals surface area contributed by atoms with E-state index in [0.29, 0.717) is 0 Å². The van der Waals surface area contributed by atoms with Gasteiger partial charge in [0, 0.05) is 48.5 Å². The summed E-state index contributed by atoms with van der Waals surface area (Å²) >= 11 is 0. The Bertz CT molecular complexity index is 247. The largest absolute Gasteiger partial charge is 0.300 e. The van der Waals surface area contributed by atoms with Gasteiger partial charge in [0.05, 0.1) is 0 Å². The van der Waals surface area contributed by atoms with Crippen LogP contribution in [0.3, 0.4) is 0 Å². The number of piperazine rings is 1. The second kappa shape index (κ2) is 6.12. The minimum Gasteiger partial charge on any atom is -0.300 e. The third-order valence-corrected chi connectivity index (χ3v) is 4.69. The van der Waals surface area contributed by atoms with Gasteiger partial charge in [0.15, 0.2) is 0 Å². The molecule has 0 N–H and O–H groups in total. The van der Waals surface area contributed by atoms with E-state index in [2.05, 4.69) is 9.80 Å². The minimum atomic E-state index is -0.615. The Kier molecular flexibility index (Phi) is 4.79. The highest BCUT2D eigenvalue weighted by Gasteiger charge is 2.28. The predicted molar refractivity (Wildman–Crippen MR) is 69.2 cm³/mol. The molecule has 2 aliphatic rings. The molecule has 0 aliphatic carbocycles. The van der Waals surface area contributed by atoms with Crippen LogP contribution >= 0.6 is 0 Å². The van der Waals surface area contributed by atoms with Gasteiger partial charge in [0.1, 0.15) is 0 Å². The molecule has 0 radical (unpaired) electrons. The summed E-state index contributed by atoms with van der Waals surface area (Å²) in [6, 6.07) is 0.814. The SMILES string of the molecule is CS(=O)CCCN1CCN2CCCCC2C1. The first-order valence-electron chi connectivity index (χ1n) is 6.52. The average Bonchev–Trinajstić information content (AvgIpc) is 2.28. The molecule has 2 rings (SSSR count). The maximum Gasteiger partial charge on any atom is 0.0244 e. The Morgan fingerprint density at radius 1 is 1.25 bits per heavy atom. The predicted octanol–water partition coefficient (Wildman–Crippen LogP) is 0.925. The monoisotopic (exact) mass is 244 g/mol. The van der Waals surface area contributed by atoms with Gasteiger partial charge in [-0.2, -0.15) is 0 Å². The molecule has 2 atom stereocenters. The van der Waals surface area contributed by atoms with Crippen LogP contribution in [-0.4, -0.2) is 64.8 Å². The van der Waals surface area contributed by atoms with Crippen LogP contribution in [0.5, 0.6) is 0 Å². The van der Waals surface area contributed by atoms with E-state index in [-0.39, 0.29) is 0 Å². The molecule has 2 unspecified atom stereocenters. The van der Waals surface area contributed by atoms with Crippen molar-refractivity contribution in [2.75, 3.05) is 44.7 Å². The fourth-order valence-corrected chi connectivity index (χ4v) is 3.45. The molecule has 94 valence electrons. The Hall–Kier alpha value is 0.0700. The number of rotatable bonds is 4. The second-order valence-corrected chi connectivity index (χ2v) is 6.67. The van der Waals surface area contributed by atoms with E-state index in [0.717, 1.165) is 24.8 Å². The molecule has 0 amide bonds. The second-order valence-electron chi connectivity index (χ2n) is 5.12. The quantitative estimate of drug-likeness (QED) is 0.735. The molecular formula is C12H24N2OS. The third kappa shape index (κ3) is 3.54. The molecule has 0 aromatic rings. The molecule has 0 saturated carbocycles. The summed E-state index contributed by atoms with van der Waals surface area (Å²) in [5.41, 5.74) is 0. The highest BCUT2D eigenvalue weighted by molar-refractivity contribution is 7.84. The molecule has 2 heterocycles. The average molecular weight is 244 g/mol. The summed E-state index contributed by atoms with van der Waals surface area (Å²) in [6.07, 6.45) is 7.09. The lowest BCUT2D eigenvalue weighted by Gasteiger charge is -2.44. The molecule has 3 nitrogen and oxygen atoms in total. The first-order chi connectivity index (χ1) is 7.75. The number of hydrogen-bond donors (Lipinski definition) is 0. The van der Waals surface area contributed by atoms with Crippen LogP contribution in [0.4, 0.5) is 0 Å². The van der Waals surface area contributed by atoms with E-state index in [4.69, 9.17) is 0 Å². The fraction of sp³-hybridized carbons (Fsp3) is 1.00. The lowest BCUT2D eigenvalue weighted by atomic mass is 9.99. The van der Waals surface area contributed by atoms with Crippen LogP contribution < -0.4 is 0 Å². The van der Waals surface area contributed by atoms with Crippen molar-refractivity contribution in [2.24, 2.45) is 0 Å². The Balaban J connectivity index is 1.70. The third-order valence-electron chi connectivity index (χ3n) is 3.83. The van der Waals surface area contributed by atoms with Crippen molar-refractivity contribution in [3.63, 3.8) is 0 Å². The molecule has 2 saturated heterocycles. The maximum atomic E-state index is 11.0. The van der Waals surface area contributed by atoms with Gasteiger partial charge < -0.3 is 4.90 Å². The van der Waals surface area contributed by atoms with E-state index in [1.807, 2.05) is 0 Å². The smallest absolute Gasteiger partial charge is 0.0244 e. The molecule has 2 aliphatic heterocycles. The minimum absolute atomic E-state index is 0.615. The van der Waals surface area contributed by atoms with Crippen LogP contribution in [0.25, 0.3) is 0 Å². The highest BCUT2D eigenvalue weighted by Crippen LogP contribution is 2.20. The van der Waals surface area contributed by atoms with Gasteiger partial charge in [0.2, 0.25) is 0 Å². The normalized spacial score (nSPS) is 29.9. The summed E-state index contributed by atoms with van der Waals surface area (Å²) in [6.45, 7) is 6.17. The maximum absolute atomic E-state index is 11.0. The molecular weight excluding hydrogens is 220 g/mol. The molecule has 0 aromatic carbocycles. The van der Waals surface area contributed by atoms with Crippen LogP contribution in [-0.2, 0) is 10.8 Å². The van der Waals surface area contributed by atoms with Crippen molar-refractivity contribution < 1.29 is 4.21 Å². The number of nitrogens with zero attached hydrogens (tertiary/aromatic N) is 2. The van der Waals surface area contributed by atoms with Gasteiger partial charge in [-0.3, -0.25) is 9.11 Å². The van der Waals surface area contributed by atoms with E-state index in [1.54, 1.807) is 6.26 Å². The Morgan fingerprint density at radius 2 is 2.12 bits per heavy atom. The van der Waals surface area contributed by atoms with Crippen LogP contribution in [0.1, 0.15) is 25.7 Å². The molecule has 2 fully saturated rings. The van der Waals surface area contributed by atoms with Gasteiger partial charge in [-0.05, 0) is 32.4 Å². The van der Waals surface area contributed by atoms with Gasteiger partial charge in [-0.25, -0.2) is 0 Å². The van der Waals surface area contributed by atoms with Gasteiger partial charge >= 0.3 is 0 Å². The van der Waals surface area contributed by atoms with Crippen molar-refractivity contribution >= 4 is 10.8 Å². The van der Waals surface area contributed by atoms with E-state index in [9.17, 15) is 4.21 Å². The molecule has 0 spiro atoms. The molecule has 4 heteroatoms. The first-order valence-corrected chi connectivity index (χ1v) is 8.25. The summed E-state index contributed by atoms with van der Waals surface area (Å²) < 4.78 is 11.0.